The molecule has 0 aliphatic carbocycles. The van der Waals surface area contributed by atoms with Crippen LogP contribution in [0.25, 0.3) is 0 Å². The van der Waals surface area contributed by atoms with Crippen LogP contribution in [0.1, 0.15) is 30.2 Å². The van der Waals surface area contributed by atoms with Crippen molar-refractivity contribution >= 4 is 23.6 Å². The molecule has 3 N–H and O–H groups in total. The standard InChI is InChI=1S/C13H19N3O2S/c1-8(15)4-5-19-7-12(17)16-13-11(6-14)9(2)10(3)18-13/h8H,4-5,7,15H2,1-3H3,(H,16,17). The summed E-state index contributed by atoms with van der Waals surface area (Å²) in [7, 11) is 0. The van der Waals surface area contributed by atoms with Crippen molar-refractivity contribution in [3.05, 3.63) is 16.9 Å². The lowest BCUT2D eigenvalue weighted by Crippen LogP contribution is -2.17. The molecule has 1 aromatic heterocycles. The third-order valence-corrected chi connectivity index (χ3v) is 3.69. The topological polar surface area (TPSA) is 92.1 Å². The van der Waals surface area contributed by atoms with Crippen LogP contribution in [0.5, 0.6) is 0 Å². The molecule has 0 saturated carbocycles. The van der Waals surface area contributed by atoms with Crippen LogP contribution in [0.15, 0.2) is 4.42 Å². The van der Waals surface area contributed by atoms with Crippen LogP contribution in [0.2, 0.25) is 0 Å². The minimum absolute atomic E-state index is 0.149. The molecule has 1 amide bonds. The molecule has 0 radical (unpaired) electrons. The first-order valence-corrected chi connectivity index (χ1v) is 7.24. The molecule has 0 aliphatic heterocycles. The minimum atomic E-state index is -0.167. The molecule has 1 rings (SSSR count). The maximum absolute atomic E-state index is 11.7. The Balaban J connectivity index is 2.49. The summed E-state index contributed by atoms with van der Waals surface area (Å²) in [5, 5.41) is 11.7. The SMILES string of the molecule is Cc1oc(NC(=O)CSCCC(C)N)c(C#N)c1C. The van der Waals surface area contributed by atoms with E-state index >= 15 is 0 Å². The first-order chi connectivity index (χ1) is 8.95. The predicted molar refractivity (Wildman–Crippen MR) is 77.1 cm³/mol. The number of nitrogens with zero attached hydrogens (tertiary/aromatic N) is 1. The Morgan fingerprint density at radius 3 is 2.84 bits per heavy atom. The van der Waals surface area contributed by atoms with Gasteiger partial charge in [-0.05, 0) is 32.9 Å². The predicted octanol–water partition coefficient (Wildman–Crippen LogP) is 2.18. The van der Waals surface area contributed by atoms with Gasteiger partial charge in [0.1, 0.15) is 17.4 Å². The Kier molecular flexibility index (Phi) is 5.93. The number of rotatable bonds is 6. The summed E-state index contributed by atoms with van der Waals surface area (Å²) in [6.45, 7) is 5.50. The van der Waals surface area contributed by atoms with Crippen molar-refractivity contribution in [1.29, 1.82) is 5.26 Å². The molecule has 1 unspecified atom stereocenters. The lowest BCUT2D eigenvalue weighted by Gasteiger charge is -2.05. The van der Waals surface area contributed by atoms with Gasteiger partial charge < -0.3 is 10.2 Å². The molecule has 0 bridgehead atoms. The van der Waals surface area contributed by atoms with E-state index < -0.39 is 0 Å². The Morgan fingerprint density at radius 1 is 1.58 bits per heavy atom. The quantitative estimate of drug-likeness (QED) is 0.780. The average molecular weight is 281 g/mol. The molecule has 5 nitrogen and oxygen atoms in total. The van der Waals surface area contributed by atoms with Crippen molar-refractivity contribution in [1.82, 2.24) is 0 Å². The summed E-state index contributed by atoms with van der Waals surface area (Å²) >= 11 is 1.52. The van der Waals surface area contributed by atoms with Crippen LogP contribution < -0.4 is 11.1 Å². The fourth-order valence-electron chi connectivity index (χ4n) is 1.45. The van der Waals surface area contributed by atoms with E-state index in [2.05, 4.69) is 5.32 Å². The monoisotopic (exact) mass is 281 g/mol. The maximum Gasteiger partial charge on any atom is 0.236 e. The van der Waals surface area contributed by atoms with Crippen LogP contribution in [-0.4, -0.2) is 23.5 Å². The van der Waals surface area contributed by atoms with Gasteiger partial charge in [-0.1, -0.05) is 0 Å². The van der Waals surface area contributed by atoms with Gasteiger partial charge in [-0.15, -0.1) is 0 Å². The summed E-state index contributed by atoms with van der Waals surface area (Å²) in [6, 6.07) is 2.19. The fraction of sp³-hybridized carbons (Fsp3) is 0.538. The third kappa shape index (κ3) is 4.62. The molecular weight excluding hydrogens is 262 g/mol. The van der Waals surface area contributed by atoms with Gasteiger partial charge in [0, 0.05) is 11.6 Å². The van der Waals surface area contributed by atoms with Gasteiger partial charge in [-0.25, -0.2) is 0 Å². The molecule has 19 heavy (non-hydrogen) atoms. The van der Waals surface area contributed by atoms with E-state index in [1.165, 1.54) is 11.8 Å². The second kappa shape index (κ2) is 7.22. The molecule has 1 heterocycles. The summed E-state index contributed by atoms with van der Waals surface area (Å²) < 4.78 is 5.37. The second-order valence-electron chi connectivity index (χ2n) is 4.47. The molecule has 0 saturated heterocycles. The van der Waals surface area contributed by atoms with Gasteiger partial charge in [0.05, 0.1) is 5.75 Å². The number of thioether (sulfide) groups is 1. The van der Waals surface area contributed by atoms with Crippen LogP contribution in [0.4, 0.5) is 5.88 Å². The van der Waals surface area contributed by atoms with E-state index in [4.69, 9.17) is 15.4 Å². The number of hydrogen-bond donors (Lipinski definition) is 2. The molecule has 0 aliphatic rings. The van der Waals surface area contributed by atoms with Gasteiger partial charge in [-0.3, -0.25) is 10.1 Å². The maximum atomic E-state index is 11.7. The number of aryl methyl sites for hydroxylation is 1. The van der Waals surface area contributed by atoms with Crippen molar-refractivity contribution in [2.45, 2.75) is 33.2 Å². The van der Waals surface area contributed by atoms with E-state index in [-0.39, 0.29) is 17.8 Å². The number of nitrogens with one attached hydrogen (secondary N) is 1. The van der Waals surface area contributed by atoms with Crippen molar-refractivity contribution in [3.8, 4) is 6.07 Å². The first kappa shape index (κ1) is 15.6. The number of carbonyl (C=O) groups excluding carboxylic acids is 1. The molecule has 104 valence electrons. The van der Waals surface area contributed by atoms with Crippen molar-refractivity contribution in [2.24, 2.45) is 5.73 Å². The lowest BCUT2D eigenvalue weighted by molar-refractivity contribution is -0.113. The Morgan fingerprint density at radius 2 is 2.26 bits per heavy atom. The van der Waals surface area contributed by atoms with E-state index in [1.54, 1.807) is 13.8 Å². The second-order valence-corrected chi connectivity index (χ2v) is 5.57. The number of carbonyl (C=O) groups is 1. The van der Waals surface area contributed by atoms with E-state index in [1.807, 2.05) is 13.0 Å². The number of anilines is 1. The number of hydrogen-bond acceptors (Lipinski definition) is 5. The van der Waals surface area contributed by atoms with Crippen molar-refractivity contribution < 1.29 is 9.21 Å². The third-order valence-electron chi connectivity index (χ3n) is 2.70. The highest BCUT2D eigenvalue weighted by atomic mass is 32.2. The summed E-state index contributed by atoms with van der Waals surface area (Å²) in [4.78, 5) is 11.7. The van der Waals surface area contributed by atoms with Gasteiger partial charge in [0.2, 0.25) is 11.8 Å². The van der Waals surface area contributed by atoms with Gasteiger partial charge in [0.25, 0.3) is 0 Å². The minimum Gasteiger partial charge on any atom is -0.444 e. The molecule has 6 heteroatoms. The highest BCUT2D eigenvalue weighted by Crippen LogP contribution is 2.25. The fourth-order valence-corrected chi connectivity index (χ4v) is 2.39. The van der Waals surface area contributed by atoms with Crippen LogP contribution >= 0.6 is 11.8 Å². The zero-order chi connectivity index (χ0) is 14.4. The highest BCUT2D eigenvalue weighted by molar-refractivity contribution is 7.99. The number of furan rings is 1. The number of nitrogens with two attached hydrogens (primary N) is 1. The molecule has 0 spiro atoms. The number of amides is 1. The van der Waals surface area contributed by atoms with E-state index in [0.29, 0.717) is 17.1 Å². The summed E-state index contributed by atoms with van der Waals surface area (Å²) in [6.07, 6.45) is 0.875. The van der Waals surface area contributed by atoms with E-state index in [9.17, 15) is 4.79 Å². The van der Waals surface area contributed by atoms with Gasteiger partial charge >= 0.3 is 0 Å². The zero-order valence-corrected chi connectivity index (χ0v) is 12.3. The van der Waals surface area contributed by atoms with Gasteiger partial charge in [-0.2, -0.15) is 17.0 Å². The Bertz CT molecular complexity index is 489. The molecule has 1 aromatic rings. The van der Waals surface area contributed by atoms with Crippen molar-refractivity contribution in [3.63, 3.8) is 0 Å². The Hall–Kier alpha value is -1.45. The normalized spacial score (nSPS) is 11.9. The van der Waals surface area contributed by atoms with Crippen LogP contribution in [0, 0.1) is 25.2 Å². The Labute approximate surface area is 117 Å². The molecule has 0 fully saturated rings. The van der Waals surface area contributed by atoms with Crippen LogP contribution in [-0.2, 0) is 4.79 Å². The van der Waals surface area contributed by atoms with Gasteiger partial charge in [0.15, 0.2) is 0 Å². The largest absolute Gasteiger partial charge is 0.444 e. The summed E-state index contributed by atoms with van der Waals surface area (Å²) in [5.41, 5.74) is 6.79. The highest BCUT2D eigenvalue weighted by Gasteiger charge is 2.16. The lowest BCUT2D eigenvalue weighted by atomic mass is 10.2. The van der Waals surface area contributed by atoms with E-state index in [0.717, 1.165) is 17.7 Å². The molecule has 1 atom stereocenters. The smallest absolute Gasteiger partial charge is 0.236 e. The molecule has 0 aromatic carbocycles. The average Bonchev–Trinajstić information content (AvgIpc) is 2.60. The summed E-state index contributed by atoms with van der Waals surface area (Å²) in [5.74, 6) is 1.90. The number of nitriles is 1. The van der Waals surface area contributed by atoms with Crippen molar-refractivity contribution in [2.75, 3.05) is 16.8 Å². The molecular formula is C13H19N3O2S. The van der Waals surface area contributed by atoms with Crippen LogP contribution in [0.3, 0.4) is 0 Å². The zero-order valence-electron chi connectivity index (χ0n) is 11.4. The first-order valence-electron chi connectivity index (χ1n) is 6.09.